The van der Waals surface area contributed by atoms with E-state index in [1.165, 1.54) is 13.1 Å². The number of halogens is 1. The molecule has 0 amide bonds. The molecule has 1 aromatic heterocycles. The van der Waals surface area contributed by atoms with Crippen LogP contribution in [-0.2, 0) is 29.7 Å². The SMILES string of the molecule is Cc1cn([C@H]2O[C@H]3COP(=O)(N[C@@H](C)COCc4ccccc4)O[C@@H]3[C@H]2F)c(=O)[nH]c1=O. The van der Waals surface area contributed by atoms with Gasteiger partial charge in [-0.1, -0.05) is 30.3 Å². The average Bonchev–Trinajstić information content (AvgIpc) is 3.06. The number of H-pyrrole nitrogens is 1. The second-order valence-corrected chi connectivity index (χ2v) is 9.60. The van der Waals surface area contributed by atoms with Gasteiger partial charge in [0.15, 0.2) is 12.4 Å². The molecule has 0 aliphatic carbocycles. The van der Waals surface area contributed by atoms with E-state index in [2.05, 4.69) is 10.1 Å². The van der Waals surface area contributed by atoms with E-state index >= 15 is 4.39 Å². The number of alkyl halides is 1. The number of hydrogen-bond acceptors (Lipinski definition) is 7. The van der Waals surface area contributed by atoms with Gasteiger partial charge in [0, 0.05) is 17.8 Å². The molecule has 1 unspecified atom stereocenters. The summed E-state index contributed by atoms with van der Waals surface area (Å²) in [6.07, 6.45) is -3.98. The monoisotopic (exact) mass is 469 g/mol. The highest BCUT2D eigenvalue weighted by Crippen LogP contribution is 2.53. The van der Waals surface area contributed by atoms with Crippen LogP contribution in [0.3, 0.4) is 0 Å². The fourth-order valence-electron chi connectivity index (χ4n) is 3.62. The van der Waals surface area contributed by atoms with E-state index in [-0.39, 0.29) is 18.8 Å². The lowest BCUT2D eigenvalue weighted by Crippen LogP contribution is -2.42. The summed E-state index contributed by atoms with van der Waals surface area (Å²) in [5, 5.41) is 2.75. The van der Waals surface area contributed by atoms with E-state index in [0.717, 1.165) is 10.1 Å². The third kappa shape index (κ3) is 4.93. The van der Waals surface area contributed by atoms with Crippen molar-refractivity contribution in [3.63, 3.8) is 0 Å². The minimum atomic E-state index is -3.83. The Morgan fingerprint density at radius 3 is 2.84 bits per heavy atom. The fraction of sp³-hybridized carbons (Fsp3) is 0.500. The lowest BCUT2D eigenvalue weighted by atomic mass is 10.1. The van der Waals surface area contributed by atoms with Crippen LogP contribution in [-0.4, -0.2) is 47.2 Å². The summed E-state index contributed by atoms with van der Waals surface area (Å²) in [6, 6.07) is 9.19. The predicted molar refractivity (Wildman–Crippen MR) is 112 cm³/mol. The molecule has 2 fully saturated rings. The van der Waals surface area contributed by atoms with Crippen molar-refractivity contribution in [3.8, 4) is 0 Å². The number of fused-ring (bicyclic) bond motifs is 1. The second-order valence-electron chi connectivity index (χ2n) is 7.88. The van der Waals surface area contributed by atoms with E-state index in [1.54, 1.807) is 6.92 Å². The molecule has 0 saturated carbocycles. The summed E-state index contributed by atoms with van der Waals surface area (Å²) in [4.78, 5) is 25.8. The van der Waals surface area contributed by atoms with E-state index in [0.29, 0.717) is 6.61 Å². The van der Waals surface area contributed by atoms with Crippen molar-refractivity contribution in [1.29, 1.82) is 0 Å². The number of nitrogens with zero attached hydrogens (tertiary/aromatic N) is 1. The van der Waals surface area contributed by atoms with Crippen molar-refractivity contribution in [3.05, 3.63) is 68.5 Å². The Kier molecular flexibility index (Phi) is 6.75. The quantitative estimate of drug-likeness (QED) is 0.589. The van der Waals surface area contributed by atoms with Gasteiger partial charge in [-0.15, -0.1) is 0 Å². The first-order valence-electron chi connectivity index (χ1n) is 10.2. The topological polar surface area (TPSA) is 121 Å². The first-order chi connectivity index (χ1) is 15.3. The van der Waals surface area contributed by atoms with Crippen LogP contribution in [0.2, 0.25) is 0 Å². The molecule has 2 aliphatic rings. The van der Waals surface area contributed by atoms with Crippen LogP contribution in [0.4, 0.5) is 4.39 Å². The third-order valence-corrected chi connectivity index (χ3v) is 6.98. The maximum atomic E-state index is 15.2. The van der Waals surface area contributed by atoms with Gasteiger partial charge >= 0.3 is 13.4 Å². The minimum Gasteiger partial charge on any atom is -0.375 e. The highest BCUT2D eigenvalue weighted by molar-refractivity contribution is 7.51. The Labute approximate surface area is 183 Å². The van der Waals surface area contributed by atoms with Gasteiger partial charge in [0.05, 0.1) is 19.8 Å². The van der Waals surface area contributed by atoms with Gasteiger partial charge < -0.3 is 9.47 Å². The number of nitrogens with one attached hydrogen (secondary N) is 2. The second kappa shape index (κ2) is 9.38. The first kappa shape index (κ1) is 23.0. The lowest BCUT2D eigenvalue weighted by molar-refractivity contribution is -0.0615. The number of aryl methyl sites for hydroxylation is 1. The van der Waals surface area contributed by atoms with Crippen LogP contribution < -0.4 is 16.3 Å². The zero-order valence-electron chi connectivity index (χ0n) is 17.6. The van der Waals surface area contributed by atoms with Crippen LogP contribution in [0.25, 0.3) is 0 Å². The minimum absolute atomic E-state index is 0.180. The third-order valence-electron chi connectivity index (χ3n) is 5.21. The van der Waals surface area contributed by atoms with Crippen LogP contribution >= 0.6 is 7.75 Å². The van der Waals surface area contributed by atoms with Crippen LogP contribution in [0, 0.1) is 6.92 Å². The summed E-state index contributed by atoms with van der Waals surface area (Å²) >= 11 is 0. The zero-order valence-corrected chi connectivity index (χ0v) is 18.5. The van der Waals surface area contributed by atoms with Crippen molar-refractivity contribution in [1.82, 2.24) is 14.6 Å². The van der Waals surface area contributed by atoms with Crippen LogP contribution in [0.5, 0.6) is 0 Å². The fourth-order valence-corrected chi connectivity index (χ4v) is 5.34. The largest absolute Gasteiger partial charge is 0.406 e. The Hall–Kier alpha value is -2.14. The molecule has 1 aromatic carbocycles. The van der Waals surface area contributed by atoms with E-state index in [1.807, 2.05) is 30.3 Å². The molecule has 12 heteroatoms. The van der Waals surface area contributed by atoms with E-state index < -0.39 is 49.6 Å². The van der Waals surface area contributed by atoms with Crippen molar-refractivity contribution in [2.45, 2.75) is 51.1 Å². The number of rotatable bonds is 7. The Balaban J connectivity index is 1.37. The van der Waals surface area contributed by atoms with Gasteiger partial charge in [-0.3, -0.25) is 23.4 Å². The van der Waals surface area contributed by atoms with Gasteiger partial charge in [-0.25, -0.2) is 18.8 Å². The summed E-state index contributed by atoms with van der Waals surface area (Å²) < 4.78 is 51.2. The van der Waals surface area contributed by atoms with Gasteiger partial charge in [0.1, 0.15) is 12.2 Å². The molecule has 10 nitrogen and oxygen atoms in total. The van der Waals surface area contributed by atoms with Gasteiger partial charge in [-0.05, 0) is 19.4 Å². The number of benzene rings is 1. The smallest absolute Gasteiger partial charge is 0.375 e. The molecule has 2 saturated heterocycles. The number of aromatic nitrogens is 2. The predicted octanol–water partition coefficient (Wildman–Crippen LogP) is 1.80. The number of aromatic amines is 1. The summed E-state index contributed by atoms with van der Waals surface area (Å²) in [5.74, 6) is 0. The maximum Gasteiger partial charge on any atom is 0.406 e. The first-order valence-corrected chi connectivity index (χ1v) is 11.7. The number of ether oxygens (including phenoxy) is 2. The molecule has 3 heterocycles. The van der Waals surface area contributed by atoms with E-state index in [4.69, 9.17) is 18.5 Å². The van der Waals surface area contributed by atoms with Gasteiger partial charge in [0.25, 0.3) is 5.56 Å². The molecule has 4 rings (SSSR count). The van der Waals surface area contributed by atoms with Crippen molar-refractivity contribution in [2.75, 3.05) is 13.2 Å². The Morgan fingerprint density at radius 1 is 1.34 bits per heavy atom. The van der Waals surface area contributed by atoms with Crippen molar-refractivity contribution in [2.24, 2.45) is 0 Å². The lowest BCUT2D eigenvalue weighted by Gasteiger charge is -2.32. The van der Waals surface area contributed by atoms with Crippen molar-refractivity contribution >= 4 is 7.75 Å². The Morgan fingerprint density at radius 2 is 2.09 bits per heavy atom. The molecule has 0 bridgehead atoms. The van der Waals surface area contributed by atoms with Gasteiger partial charge in [-0.2, -0.15) is 0 Å². The van der Waals surface area contributed by atoms with Crippen molar-refractivity contribution < 1.29 is 27.5 Å². The van der Waals surface area contributed by atoms with Crippen LogP contribution in [0.1, 0.15) is 24.3 Å². The average molecular weight is 469 g/mol. The Bertz CT molecular complexity index is 1110. The molecule has 2 N–H and O–H groups in total. The highest BCUT2D eigenvalue weighted by Gasteiger charge is 2.54. The molecular formula is C20H25FN3O7P. The standard InChI is InChI=1S/C20H25FN3O7P/c1-12-8-24(20(26)22-18(12)25)19-16(21)17-15(30-19)11-29-32(27,31-17)23-13(2)9-28-10-14-6-4-3-5-7-14/h3-8,13,15-17,19H,9-11H2,1-2H3,(H,23,27)(H,22,25,26)/t13-,15-,16+,17-,19-,32?/m0/s1. The summed E-state index contributed by atoms with van der Waals surface area (Å²) in [5.41, 5.74) is -0.141. The molecule has 0 spiro atoms. The molecule has 2 aliphatic heterocycles. The molecule has 2 aromatic rings. The molecule has 174 valence electrons. The van der Waals surface area contributed by atoms with Gasteiger partial charge in [0.2, 0.25) is 0 Å². The van der Waals surface area contributed by atoms with E-state index in [9.17, 15) is 14.2 Å². The molecule has 32 heavy (non-hydrogen) atoms. The zero-order chi connectivity index (χ0) is 22.9. The summed E-state index contributed by atoms with van der Waals surface area (Å²) in [7, 11) is -3.83. The summed E-state index contributed by atoms with van der Waals surface area (Å²) in [6.45, 7) is 3.67. The highest BCUT2D eigenvalue weighted by atomic mass is 31.2. The molecular weight excluding hydrogens is 444 g/mol. The number of hydrogen-bond donors (Lipinski definition) is 2. The molecule has 6 atom stereocenters. The normalized spacial score (nSPS) is 30.7. The maximum absolute atomic E-state index is 15.2. The molecule has 0 radical (unpaired) electrons. The van der Waals surface area contributed by atoms with Crippen LogP contribution in [0.15, 0.2) is 46.1 Å².